The molecule has 1 heterocycles. The highest BCUT2D eigenvalue weighted by Crippen LogP contribution is 2.32. The first-order valence-electron chi connectivity index (χ1n) is 5.62. The summed E-state index contributed by atoms with van der Waals surface area (Å²) in [6.45, 7) is 0.576. The first-order valence-corrected chi connectivity index (χ1v) is 5.62. The third-order valence-corrected chi connectivity index (χ3v) is 3.50. The largest absolute Gasteiger partial charge is 0.465 e. The number of carbonyl (C=O) groups is 1. The highest BCUT2D eigenvalue weighted by atomic mass is 16.5. The molecule has 1 aliphatic carbocycles. The van der Waals surface area contributed by atoms with E-state index in [1.165, 1.54) is 6.42 Å². The summed E-state index contributed by atoms with van der Waals surface area (Å²) in [5.74, 6) is 0.343. The van der Waals surface area contributed by atoms with E-state index < -0.39 is 0 Å². The topological polar surface area (TPSA) is 46.5 Å². The third kappa shape index (κ3) is 2.08. The van der Waals surface area contributed by atoms with Gasteiger partial charge < -0.3 is 9.84 Å². The number of hydrogen-bond acceptors (Lipinski definition) is 3. The average Bonchev–Trinajstić information content (AvgIpc) is 2.56. The van der Waals surface area contributed by atoms with E-state index in [1.807, 2.05) is 0 Å². The molecule has 0 aromatic heterocycles. The lowest BCUT2D eigenvalue weighted by Crippen LogP contribution is -2.27. The van der Waals surface area contributed by atoms with Crippen molar-refractivity contribution < 1.29 is 14.6 Å². The van der Waals surface area contributed by atoms with E-state index in [2.05, 4.69) is 0 Å². The van der Waals surface area contributed by atoms with Gasteiger partial charge in [0.1, 0.15) is 0 Å². The normalized spacial score (nSPS) is 38.4. The van der Waals surface area contributed by atoms with Crippen LogP contribution in [-0.2, 0) is 9.53 Å². The molecule has 2 fully saturated rings. The summed E-state index contributed by atoms with van der Waals surface area (Å²) in [6, 6.07) is 0. The minimum Gasteiger partial charge on any atom is -0.465 e. The van der Waals surface area contributed by atoms with Crippen LogP contribution >= 0.6 is 0 Å². The molecule has 3 atom stereocenters. The minimum absolute atomic E-state index is 0.0530. The lowest BCUT2D eigenvalue weighted by molar-refractivity contribution is -0.142. The second-order valence-electron chi connectivity index (χ2n) is 4.50. The van der Waals surface area contributed by atoms with Gasteiger partial charge in [-0.1, -0.05) is 12.8 Å². The van der Waals surface area contributed by atoms with Crippen molar-refractivity contribution in [2.75, 3.05) is 6.61 Å². The van der Waals surface area contributed by atoms with Gasteiger partial charge in [0.15, 0.2) is 0 Å². The van der Waals surface area contributed by atoms with Crippen LogP contribution in [0.3, 0.4) is 0 Å². The lowest BCUT2D eigenvalue weighted by atomic mass is 9.80. The van der Waals surface area contributed by atoms with Gasteiger partial charge in [0.2, 0.25) is 0 Å². The summed E-state index contributed by atoms with van der Waals surface area (Å²) in [5.41, 5.74) is 0. The van der Waals surface area contributed by atoms with Crippen LogP contribution in [0.1, 0.15) is 38.5 Å². The van der Waals surface area contributed by atoms with Crippen molar-refractivity contribution in [3.05, 3.63) is 0 Å². The van der Waals surface area contributed by atoms with Crippen LogP contribution in [0.2, 0.25) is 0 Å². The molecule has 1 saturated heterocycles. The fraction of sp³-hybridized carbons (Fsp3) is 0.909. The molecule has 0 amide bonds. The van der Waals surface area contributed by atoms with Gasteiger partial charge in [0.05, 0.1) is 18.6 Å². The Bertz CT molecular complexity index is 215. The fourth-order valence-corrected chi connectivity index (χ4v) is 2.58. The molecule has 0 unspecified atom stereocenters. The van der Waals surface area contributed by atoms with Crippen LogP contribution in [0.4, 0.5) is 0 Å². The summed E-state index contributed by atoms with van der Waals surface area (Å²) in [7, 11) is 0. The summed E-state index contributed by atoms with van der Waals surface area (Å²) < 4.78 is 4.92. The van der Waals surface area contributed by atoms with Crippen LogP contribution in [0.5, 0.6) is 0 Å². The molecule has 0 radical (unpaired) electrons. The Morgan fingerprint density at radius 3 is 2.71 bits per heavy atom. The van der Waals surface area contributed by atoms with Gasteiger partial charge in [0, 0.05) is 0 Å². The molecular formula is C11H18O3. The number of aliphatic hydroxyl groups is 1. The number of ether oxygens (including phenoxy) is 1. The van der Waals surface area contributed by atoms with E-state index in [1.54, 1.807) is 0 Å². The van der Waals surface area contributed by atoms with E-state index in [0.29, 0.717) is 12.5 Å². The Balaban J connectivity index is 1.86. The average molecular weight is 198 g/mol. The minimum atomic E-state index is -0.183. The molecule has 1 saturated carbocycles. The Morgan fingerprint density at radius 2 is 2.07 bits per heavy atom. The predicted octanol–water partition coefficient (Wildman–Crippen LogP) is 1.49. The molecule has 3 heteroatoms. The van der Waals surface area contributed by atoms with Crippen LogP contribution in [0.25, 0.3) is 0 Å². The summed E-state index contributed by atoms with van der Waals surface area (Å²) >= 11 is 0. The van der Waals surface area contributed by atoms with Crippen LogP contribution < -0.4 is 0 Å². The highest BCUT2D eigenvalue weighted by Gasteiger charge is 2.32. The molecule has 80 valence electrons. The van der Waals surface area contributed by atoms with Crippen molar-refractivity contribution in [2.45, 2.75) is 44.6 Å². The second kappa shape index (κ2) is 4.30. The first kappa shape index (κ1) is 9.97. The van der Waals surface area contributed by atoms with Crippen molar-refractivity contribution in [1.82, 2.24) is 0 Å². The van der Waals surface area contributed by atoms with Crippen LogP contribution in [0.15, 0.2) is 0 Å². The number of aliphatic hydroxyl groups excluding tert-OH is 1. The maximum absolute atomic E-state index is 11.3. The summed E-state index contributed by atoms with van der Waals surface area (Å²) in [6.07, 6.45) is 5.81. The molecule has 1 aliphatic heterocycles. The van der Waals surface area contributed by atoms with Gasteiger partial charge in [-0.05, 0) is 31.6 Å². The van der Waals surface area contributed by atoms with Crippen molar-refractivity contribution >= 4 is 5.97 Å². The molecule has 1 N–H and O–H groups in total. The van der Waals surface area contributed by atoms with E-state index >= 15 is 0 Å². The number of cyclic esters (lactones) is 1. The molecule has 14 heavy (non-hydrogen) atoms. The summed E-state index contributed by atoms with van der Waals surface area (Å²) in [4.78, 5) is 11.3. The summed E-state index contributed by atoms with van der Waals surface area (Å²) in [5, 5.41) is 9.76. The molecule has 2 aliphatic rings. The van der Waals surface area contributed by atoms with Crippen LogP contribution in [-0.4, -0.2) is 23.8 Å². The number of hydrogen-bond donors (Lipinski definition) is 1. The van der Waals surface area contributed by atoms with Crippen LogP contribution in [0, 0.1) is 11.8 Å². The van der Waals surface area contributed by atoms with E-state index in [-0.39, 0.29) is 18.0 Å². The number of carbonyl (C=O) groups excluding carboxylic acids is 1. The third-order valence-electron chi connectivity index (χ3n) is 3.50. The first-order chi connectivity index (χ1) is 6.77. The van der Waals surface area contributed by atoms with Crippen molar-refractivity contribution in [2.24, 2.45) is 11.8 Å². The predicted molar refractivity (Wildman–Crippen MR) is 51.6 cm³/mol. The monoisotopic (exact) mass is 198 g/mol. The molecule has 3 nitrogen and oxygen atoms in total. The Hall–Kier alpha value is -0.570. The van der Waals surface area contributed by atoms with E-state index in [0.717, 1.165) is 32.1 Å². The molecule has 0 aromatic carbocycles. The Morgan fingerprint density at radius 1 is 1.29 bits per heavy atom. The molecule has 0 spiro atoms. The molecular weight excluding hydrogens is 180 g/mol. The molecule has 0 aromatic rings. The van der Waals surface area contributed by atoms with Gasteiger partial charge in [-0.25, -0.2) is 0 Å². The maximum atomic E-state index is 11.3. The zero-order valence-corrected chi connectivity index (χ0v) is 8.45. The van der Waals surface area contributed by atoms with Gasteiger partial charge in [-0.15, -0.1) is 0 Å². The molecule has 2 rings (SSSR count). The van der Waals surface area contributed by atoms with E-state index in [9.17, 15) is 9.90 Å². The fourth-order valence-electron chi connectivity index (χ4n) is 2.58. The van der Waals surface area contributed by atoms with Gasteiger partial charge in [-0.2, -0.15) is 0 Å². The Kier molecular flexibility index (Phi) is 3.06. The van der Waals surface area contributed by atoms with Gasteiger partial charge >= 0.3 is 5.97 Å². The van der Waals surface area contributed by atoms with Crippen molar-refractivity contribution in [3.8, 4) is 0 Å². The number of esters is 1. The molecule has 0 bridgehead atoms. The quantitative estimate of drug-likeness (QED) is 0.684. The number of rotatable bonds is 2. The second-order valence-corrected chi connectivity index (χ2v) is 4.50. The maximum Gasteiger partial charge on any atom is 0.309 e. The smallest absolute Gasteiger partial charge is 0.309 e. The zero-order chi connectivity index (χ0) is 9.97. The van der Waals surface area contributed by atoms with Crippen molar-refractivity contribution in [1.29, 1.82) is 0 Å². The highest BCUT2D eigenvalue weighted by molar-refractivity contribution is 5.74. The SMILES string of the molecule is O=C1OCC[C@@H]1C[C@@H]1CCCC[C@H]1O. The van der Waals surface area contributed by atoms with Gasteiger partial charge in [-0.3, -0.25) is 4.79 Å². The van der Waals surface area contributed by atoms with Gasteiger partial charge in [0.25, 0.3) is 0 Å². The van der Waals surface area contributed by atoms with Crippen molar-refractivity contribution in [3.63, 3.8) is 0 Å². The zero-order valence-electron chi connectivity index (χ0n) is 8.45. The van der Waals surface area contributed by atoms with E-state index in [4.69, 9.17) is 4.74 Å². The Labute approximate surface area is 84.4 Å². The lowest BCUT2D eigenvalue weighted by Gasteiger charge is -2.28. The standard InChI is InChI=1S/C11H18O3/c12-10-4-2-1-3-8(10)7-9-5-6-14-11(9)13/h8-10,12H,1-7H2/t8-,9+,10+/m0/s1.